The molecule has 0 aliphatic carbocycles. The molecule has 0 aliphatic heterocycles. The first kappa shape index (κ1) is 10.5. The SMILES string of the molecule is COCc1cc(=S)nc(-c2cccs2)[nH]1. The second-order valence-corrected chi connectivity index (χ2v) is 4.37. The Morgan fingerprint density at radius 2 is 2.47 bits per heavy atom. The molecule has 0 spiro atoms. The third-order valence-electron chi connectivity index (χ3n) is 1.85. The number of aromatic nitrogens is 2. The van der Waals surface area contributed by atoms with Gasteiger partial charge in [-0.3, -0.25) is 0 Å². The number of methoxy groups -OCH3 is 1. The zero-order valence-electron chi connectivity index (χ0n) is 8.19. The molecule has 0 aliphatic rings. The minimum absolute atomic E-state index is 0.518. The number of rotatable bonds is 3. The van der Waals surface area contributed by atoms with Crippen LogP contribution in [0.5, 0.6) is 0 Å². The van der Waals surface area contributed by atoms with E-state index < -0.39 is 0 Å². The maximum atomic E-state index is 5.09. The second kappa shape index (κ2) is 4.65. The van der Waals surface area contributed by atoms with Crippen LogP contribution < -0.4 is 0 Å². The van der Waals surface area contributed by atoms with Gasteiger partial charge in [0.2, 0.25) is 0 Å². The zero-order valence-corrected chi connectivity index (χ0v) is 9.82. The van der Waals surface area contributed by atoms with Crippen LogP contribution in [-0.2, 0) is 11.3 Å². The Hall–Kier alpha value is -1.04. The Morgan fingerprint density at radius 1 is 1.60 bits per heavy atom. The van der Waals surface area contributed by atoms with E-state index in [0.29, 0.717) is 11.2 Å². The van der Waals surface area contributed by atoms with E-state index in [2.05, 4.69) is 9.97 Å². The molecule has 5 heteroatoms. The smallest absolute Gasteiger partial charge is 0.149 e. The summed E-state index contributed by atoms with van der Waals surface area (Å²) in [5.41, 5.74) is 0.945. The Balaban J connectivity index is 2.44. The van der Waals surface area contributed by atoms with Crippen molar-refractivity contribution in [1.29, 1.82) is 0 Å². The highest BCUT2D eigenvalue weighted by Gasteiger charge is 2.02. The molecule has 0 saturated carbocycles. The molecular formula is C10H10N2OS2. The molecule has 0 bridgehead atoms. The highest BCUT2D eigenvalue weighted by molar-refractivity contribution is 7.71. The molecule has 0 unspecified atom stereocenters. The topological polar surface area (TPSA) is 37.9 Å². The fraction of sp³-hybridized carbons (Fsp3) is 0.200. The van der Waals surface area contributed by atoms with E-state index in [4.69, 9.17) is 17.0 Å². The standard InChI is InChI=1S/C10H10N2OS2/c1-13-6-7-5-9(14)12-10(11-7)8-3-2-4-15-8/h2-5H,6H2,1H3,(H,11,12,14). The van der Waals surface area contributed by atoms with E-state index in [9.17, 15) is 0 Å². The number of thiophene rings is 1. The van der Waals surface area contributed by atoms with Crippen molar-refractivity contribution >= 4 is 23.6 Å². The van der Waals surface area contributed by atoms with Crippen molar-refractivity contribution in [3.63, 3.8) is 0 Å². The van der Waals surface area contributed by atoms with Gasteiger partial charge in [0.05, 0.1) is 11.5 Å². The summed E-state index contributed by atoms with van der Waals surface area (Å²) in [6.45, 7) is 0.518. The van der Waals surface area contributed by atoms with Crippen LogP contribution in [-0.4, -0.2) is 17.1 Å². The van der Waals surface area contributed by atoms with Crippen LogP contribution in [0, 0.1) is 4.64 Å². The van der Waals surface area contributed by atoms with Gasteiger partial charge in [0.15, 0.2) is 0 Å². The number of nitrogens with one attached hydrogen (secondary N) is 1. The summed E-state index contributed by atoms with van der Waals surface area (Å²) in [5.74, 6) is 0.810. The zero-order chi connectivity index (χ0) is 10.7. The molecule has 0 fully saturated rings. The van der Waals surface area contributed by atoms with Gasteiger partial charge in [-0.15, -0.1) is 11.3 Å². The maximum absolute atomic E-state index is 5.09. The van der Waals surface area contributed by atoms with Gasteiger partial charge >= 0.3 is 0 Å². The number of ether oxygens (including phenoxy) is 1. The lowest BCUT2D eigenvalue weighted by Crippen LogP contribution is -1.96. The van der Waals surface area contributed by atoms with Crippen LogP contribution in [0.15, 0.2) is 23.6 Å². The predicted octanol–water partition coefficient (Wildman–Crippen LogP) is 3.01. The molecular weight excluding hydrogens is 228 g/mol. The van der Waals surface area contributed by atoms with Crippen LogP contribution in [0.1, 0.15) is 5.69 Å². The van der Waals surface area contributed by atoms with Gasteiger partial charge in [0.25, 0.3) is 0 Å². The average Bonchev–Trinajstić information content (AvgIpc) is 2.70. The molecule has 0 saturated heterocycles. The minimum Gasteiger partial charge on any atom is -0.378 e. The van der Waals surface area contributed by atoms with Crippen LogP contribution in [0.25, 0.3) is 10.7 Å². The summed E-state index contributed by atoms with van der Waals surface area (Å²) < 4.78 is 5.64. The summed E-state index contributed by atoms with van der Waals surface area (Å²) in [6.07, 6.45) is 0. The molecule has 0 aromatic carbocycles. The van der Waals surface area contributed by atoms with Crippen LogP contribution in [0.2, 0.25) is 0 Å². The summed E-state index contributed by atoms with van der Waals surface area (Å²) in [4.78, 5) is 8.55. The molecule has 2 heterocycles. The average molecular weight is 238 g/mol. The van der Waals surface area contributed by atoms with Crippen molar-refractivity contribution in [1.82, 2.24) is 9.97 Å². The van der Waals surface area contributed by atoms with Gasteiger partial charge in [-0.1, -0.05) is 18.3 Å². The number of hydrogen-bond acceptors (Lipinski definition) is 4. The van der Waals surface area contributed by atoms with Crippen LogP contribution >= 0.6 is 23.6 Å². The Kier molecular flexibility index (Phi) is 3.25. The van der Waals surface area contributed by atoms with E-state index in [-0.39, 0.29) is 0 Å². The van der Waals surface area contributed by atoms with E-state index in [1.807, 2.05) is 23.6 Å². The van der Waals surface area contributed by atoms with E-state index in [0.717, 1.165) is 16.4 Å². The molecule has 0 amide bonds. The molecule has 3 nitrogen and oxygen atoms in total. The van der Waals surface area contributed by atoms with Gasteiger partial charge in [-0.2, -0.15) is 0 Å². The predicted molar refractivity (Wildman–Crippen MR) is 63.4 cm³/mol. The minimum atomic E-state index is 0.518. The molecule has 1 N–H and O–H groups in total. The number of H-pyrrole nitrogens is 1. The van der Waals surface area contributed by atoms with Crippen molar-refractivity contribution in [2.24, 2.45) is 0 Å². The molecule has 0 atom stereocenters. The normalized spacial score (nSPS) is 10.5. The van der Waals surface area contributed by atoms with Gasteiger partial charge in [-0.25, -0.2) is 4.98 Å². The number of nitrogens with zero attached hydrogens (tertiary/aromatic N) is 1. The van der Waals surface area contributed by atoms with E-state index in [1.165, 1.54) is 0 Å². The molecule has 2 aromatic heterocycles. The number of aromatic amines is 1. The monoisotopic (exact) mass is 238 g/mol. The first-order valence-electron chi connectivity index (χ1n) is 4.42. The number of hydrogen-bond donors (Lipinski definition) is 1. The van der Waals surface area contributed by atoms with Crippen molar-refractivity contribution in [3.05, 3.63) is 33.9 Å². The van der Waals surface area contributed by atoms with E-state index in [1.54, 1.807) is 18.4 Å². The van der Waals surface area contributed by atoms with Crippen molar-refractivity contribution in [3.8, 4) is 10.7 Å². The Labute approximate surface area is 96.8 Å². The second-order valence-electron chi connectivity index (χ2n) is 3.00. The van der Waals surface area contributed by atoms with Crippen LogP contribution in [0.4, 0.5) is 0 Å². The fourth-order valence-corrected chi connectivity index (χ4v) is 2.17. The molecule has 0 radical (unpaired) electrons. The van der Waals surface area contributed by atoms with Crippen molar-refractivity contribution in [2.75, 3.05) is 7.11 Å². The fourth-order valence-electron chi connectivity index (χ4n) is 1.27. The molecule has 15 heavy (non-hydrogen) atoms. The summed E-state index contributed by atoms with van der Waals surface area (Å²) in [5, 5.41) is 2.01. The van der Waals surface area contributed by atoms with Gasteiger partial charge in [0, 0.05) is 12.8 Å². The third-order valence-corrected chi connectivity index (χ3v) is 2.94. The third kappa shape index (κ3) is 2.50. The van der Waals surface area contributed by atoms with Crippen molar-refractivity contribution in [2.45, 2.75) is 6.61 Å². The quantitative estimate of drug-likeness (QED) is 0.835. The van der Waals surface area contributed by atoms with Gasteiger partial charge < -0.3 is 9.72 Å². The Bertz CT molecular complexity index is 490. The van der Waals surface area contributed by atoms with Gasteiger partial charge in [0.1, 0.15) is 10.5 Å². The lowest BCUT2D eigenvalue weighted by Gasteiger charge is -2.03. The molecule has 78 valence electrons. The first-order chi connectivity index (χ1) is 7.29. The summed E-state index contributed by atoms with van der Waals surface area (Å²) >= 11 is 6.72. The van der Waals surface area contributed by atoms with Crippen molar-refractivity contribution < 1.29 is 4.74 Å². The molecule has 2 aromatic rings. The maximum Gasteiger partial charge on any atom is 0.149 e. The van der Waals surface area contributed by atoms with E-state index >= 15 is 0 Å². The lowest BCUT2D eigenvalue weighted by atomic mass is 10.4. The Morgan fingerprint density at radius 3 is 3.13 bits per heavy atom. The first-order valence-corrected chi connectivity index (χ1v) is 5.71. The summed E-state index contributed by atoms with van der Waals surface area (Å²) in [6, 6.07) is 5.81. The van der Waals surface area contributed by atoms with Crippen LogP contribution in [0.3, 0.4) is 0 Å². The highest BCUT2D eigenvalue weighted by atomic mass is 32.1. The summed E-state index contributed by atoms with van der Waals surface area (Å²) in [7, 11) is 1.65. The largest absolute Gasteiger partial charge is 0.378 e. The van der Waals surface area contributed by atoms with Gasteiger partial charge in [-0.05, 0) is 17.5 Å². The molecule has 2 rings (SSSR count). The highest BCUT2D eigenvalue weighted by Crippen LogP contribution is 2.20. The lowest BCUT2D eigenvalue weighted by molar-refractivity contribution is 0.181.